The van der Waals surface area contributed by atoms with E-state index < -0.39 is 5.41 Å². The standard InChI is InChI=1S/C17H26N2O3.ClH/c1-13(2)22-11-14-3-5-15(6-4-14)19-16(20)17(12-18)7-9-21-10-8-17;/h3-6,13H,7-12,18H2,1-2H3,(H,19,20);1H. The summed E-state index contributed by atoms with van der Waals surface area (Å²) in [7, 11) is 0. The Morgan fingerprint density at radius 1 is 1.30 bits per heavy atom. The Bertz CT molecular complexity index is 485. The third-order valence-corrected chi connectivity index (χ3v) is 4.12. The van der Waals surface area contributed by atoms with Gasteiger partial charge >= 0.3 is 0 Å². The molecule has 23 heavy (non-hydrogen) atoms. The Morgan fingerprint density at radius 2 is 1.91 bits per heavy atom. The van der Waals surface area contributed by atoms with E-state index in [-0.39, 0.29) is 24.4 Å². The minimum absolute atomic E-state index is 0. The van der Waals surface area contributed by atoms with E-state index >= 15 is 0 Å². The topological polar surface area (TPSA) is 73.6 Å². The normalized spacial score (nSPS) is 16.7. The summed E-state index contributed by atoms with van der Waals surface area (Å²) in [6.45, 7) is 6.13. The number of amides is 1. The van der Waals surface area contributed by atoms with Crippen molar-refractivity contribution in [2.24, 2.45) is 11.1 Å². The molecule has 1 aliphatic heterocycles. The molecule has 5 nitrogen and oxygen atoms in total. The second-order valence-corrected chi connectivity index (χ2v) is 6.11. The third-order valence-electron chi connectivity index (χ3n) is 4.12. The van der Waals surface area contributed by atoms with Gasteiger partial charge in [-0.1, -0.05) is 12.1 Å². The van der Waals surface area contributed by atoms with Gasteiger partial charge in [-0.25, -0.2) is 0 Å². The molecule has 0 unspecified atom stereocenters. The van der Waals surface area contributed by atoms with E-state index in [9.17, 15) is 4.79 Å². The number of hydrogen-bond donors (Lipinski definition) is 2. The molecule has 1 aromatic rings. The van der Waals surface area contributed by atoms with Crippen molar-refractivity contribution in [2.75, 3.05) is 25.1 Å². The molecule has 1 aliphatic rings. The average Bonchev–Trinajstić information content (AvgIpc) is 2.54. The van der Waals surface area contributed by atoms with Crippen molar-refractivity contribution >= 4 is 24.0 Å². The van der Waals surface area contributed by atoms with Gasteiger partial charge in [0.15, 0.2) is 0 Å². The average molecular weight is 343 g/mol. The monoisotopic (exact) mass is 342 g/mol. The van der Waals surface area contributed by atoms with Gasteiger partial charge in [-0.3, -0.25) is 4.79 Å². The summed E-state index contributed by atoms with van der Waals surface area (Å²) >= 11 is 0. The number of nitrogens with two attached hydrogens (primary N) is 1. The molecular weight excluding hydrogens is 316 g/mol. The molecule has 3 N–H and O–H groups in total. The van der Waals surface area contributed by atoms with E-state index in [1.54, 1.807) is 0 Å². The summed E-state index contributed by atoms with van der Waals surface area (Å²) in [6, 6.07) is 7.75. The fourth-order valence-corrected chi connectivity index (χ4v) is 2.50. The van der Waals surface area contributed by atoms with Crippen LogP contribution >= 0.6 is 12.4 Å². The summed E-state index contributed by atoms with van der Waals surface area (Å²) in [5, 5.41) is 2.98. The van der Waals surface area contributed by atoms with Gasteiger partial charge in [-0.2, -0.15) is 0 Å². The van der Waals surface area contributed by atoms with E-state index in [1.807, 2.05) is 38.1 Å². The van der Waals surface area contributed by atoms with Crippen LogP contribution in [0.5, 0.6) is 0 Å². The lowest BCUT2D eigenvalue weighted by molar-refractivity contribution is -0.130. The molecule has 0 aliphatic carbocycles. The van der Waals surface area contributed by atoms with Crippen LogP contribution in [0.1, 0.15) is 32.3 Å². The van der Waals surface area contributed by atoms with Crippen molar-refractivity contribution in [1.82, 2.24) is 0 Å². The lowest BCUT2D eigenvalue weighted by Gasteiger charge is -2.34. The summed E-state index contributed by atoms with van der Waals surface area (Å²) in [5.74, 6) is -0.00974. The van der Waals surface area contributed by atoms with Gasteiger partial charge in [0.2, 0.25) is 5.91 Å². The Kier molecular flexibility index (Phi) is 7.99. The smallest absolute Gasteiger partial charge is 0.232 e. The highest BCUT2D eigenvalue weighted by Crippen LogP contribution is 2.30. The van der Waals surface area contributed by atoms with Gasteiger partial charge in [-0.05, 0) is 44.4 Å². The first-order valence-corrected chi connectivity index (χ1v) is 7.85. The number of ether oxygens (including phenoxy) is 2. The zero-order valence-corrected chi connectivity index (χ0v) is 14.7. The predicted octanol–water partition coefficient (Wildman–Crippen LogP) is 2.73. The van der Waals surface area contributed by atoms with Crippen molar-refractivity contribution in [3.8, 4) is 0 Å². The maximum Gasteiger partial charge on any atom is 0.232 e. The molecule has 0 radical (unpaired) electrons. The highest BCUT2D eigenvalue weighted by molar-refractivity contribution is 5.95. The zero-order valence-electron chi connectivity index (χ0n) is 13.8. The van der Waals surface area contributed by atoms with Crippen LogP contribution < -0.4 is 11.1 Å². The molecule has 0 spiro atoms. The van der Waals surface area contributed by atoms with Crippen LogP contribution in [-0.4, -0.2) is 31.8 Å². The van der Waals surface area contributed by atoms with Crippen molar-refractivity contribution in [2.45, 2.75) is 39.4 Å². The van der Waals surface area contributed by atoms with Crippen LogP contribution in [0.25, 0.3) is 0 Å². The zero-order chi connectivity index (χ0) is 16.0. The summed E-state index contributed by atoms with van der Waals surface area (Å²) in [6.07, 6.45) is 1.56. The van der Waals surface area contributed by atoms with Crippen LogP contribution in [0.4, 0.5) is 5.69 Å². The first kappa shape index (κ1) is 19.9. The summed E-state index contributed by atoms with van der Waals surface area (Å²) in [5.41, 5.74) is 7.23. The number of anilines is 1. The SMILES string of the molecule is CC(C)OCc1ccc(NC(=O)C2(CN)CCOCC2)cc1.Cl. The molecule has 6 heteroatoms. The maximum atomic E-state index is 12.5. The van der Waals surface area contributed by atoms with E-state index in [4.69, 9.17) is 15.2 Å². The molecule has 0 bridgehead atoms. The van der Waals surface area contributed by atoms with E-state index in [0.717, 1.165) is 11.3 Å². The van der Waals surface area contributed by atoms with Crippen LogP contribution in [0.15, 0.2) is 24.3 Å². The Morgan fingerprint density at radius 3 is 2.43 bits per heavy atom. The van der Waals surface area contributed by atoms with E-state index in [0.29, 0.717) is 39.2 Å². The van der Waals surface area contributed by atoms with Crippen LogP contribution in [0.2, 0.25) is 0 Å². The van der Waals surface area contributed by atoms with Gasteiger partial charge in [0.05, 0.1) is 18.1 Å². The molecule has 1 fully saturated rings. The minimum Gasteiger partial charge on any atom is -0.381 e. The molecule has 2 rings (SSSR count). The minimum atomic E-state index is -0.502. The second-order valence-electron chi connectivity index (χ2n) is 6.11. The summed E-state index contributed by atoms with van der Waals surface area (Å²) in [4.78, 5) is 12.5. The molecule has 1 saturated heterocycles. The molecule has 130 valence electrons. The van der Waals surface area contributed by atoms with Crippen molar-refractivity contribution < 1.29 is 14.3 Å². The van der Waals surface area contributed by atoms with Gasteiger partial charge < -0.3 is 20.5 Å². The third kappa shape index (κ3) is 5.46. The molecule has 0 aromatic heterocycles. The number of nitrogens with one attached hydrogen (secondary N) is 1. The van der Waals surface area contributed by atoms with Crippen molar-refractivity contribution in [1.29, 1.82) is 0 Å². The van der Waals surface area contributed by atoms with Crippen LogP contribution in [0.3, 0.4) is 0 Å². The van der Waals surface area contributed by atoms with Crippen molar-refractivity contribution in [3.05, 3.63) is 29.8 Å². The highest BCUT2D eigenvalue weighted by Gasteiger charge is 2.38. The molecule has 0 saturated carbocycles. The number of carbonyl (C=O) groups excluding carboxylic acids is 1. The Balaban J connectivity index is 0.00000264. The van der Waals surface area contributed by atoms with Gasteiger partial charge in [-0.15, -0.1) is 12.4 Å². The number of benzene rings is 1. The quantitative estimate of drug-likeness (QED) is 0.833. The van der Waals surface area contributed by atoms with Crippen molar-refractivity contribution in [3.63, 3.8) is 0 Å². The fraction of sp³-hybridized carbons (Fsp3) is 0.588. The largest absolute Gasteiger partial charge is 0.381 e. The maximum absolute atomic E-state index is 12.5. The number of rotatable bonds is 6. The number of hydrogen-bond acceptors (Lipinski definition) is 4. The van der Waals surface area contributed by atoms with Crippen LogP contribution in [-0.2, 0) is 20.9 Å². The molecule has 1 heterocycles. The Labute approximate surface area is 144 Å². The number of halogens is 1. The second kappa shape index (κ2) is 9.23. The van der Waals surface area contributed by atoms with Gasteiger partial charge in [0.1, 0.15) is 0 Å². The van der Waals surface area contributed by atoms with Gasteiger partial charge in [0, 0.05) is 25.4 Å². The summed E-state index contributed by atoms with van der Waals surface area (Å²) < 4.78 is 10.9. The molecule has 1 amide bonds. The molecular formula is C17H27ClN2O3. The first-order chi connectivity index (χ1) is 10.6. The molecule has 0 atom stereocenters. The lowest BCUT2D eigenvalue weighted by atomic mass is 9.79. The predicted molar refractivity (Wildman–Crippen MR) is 93.8 cm³/mol. The molecule has 1 aromatic carbocycles. The lowest BCUT2D eigenvalue weighted by Crippen LogP contribution is -2.46. The van der Waals surface area contributed by atoms with E-state index in [2.05, 4.69) is 5.32 Å². The number of carbonyl (C=O) groups is 1. The van der Waals surface area contributed by atoms with Crippen LogP contribution in [0, 0.1) is 5.41 Å². The fourth-order valence-electron chi connectivity index (χ4n) is 2.50. The van der Waals surface area contributed by atoms with E-state index in [1.165, 1.54) is 0 Å². The Hall–Kier alpha value is -1.14. The first-order valence-electron chi connectivity index (χ1n) is 7.85. The van der Waals surface area contributed by atoms with Gasteiger partial charge in [0.25, 0.3) is 0 Å². The highest BCUT2D eigenvalue weighted by atomic mass is 35.5.